The largest absolute Gasteiger partial charge is 0.496 e. The maximum Gasteiger partial charge on any atom is 0.132 e. The Morgan fingerprint density at radius 1 is 1.43 bits per heavy atom. The van der Waals surface area contributed by atoms with Crippen molar-refractivity contribution in [3.63, 3.8) is 0 Å². The molecule has 14 heavy (non-hydrogen) atoms. The Kier molecular flexibility index (Phi) is 4.84. The number of nitrogens with two attached hydrogens (primary N) is 1. The number of hydrogen-bond donors (Lipinski definition) is 1. The molecular weight excluding hydrogens is 194 g/mol. The van der Waals surface area contributed by atoms with E-state index < -0.39 is 0 Å². The van der Waals surface area contributed by atoms with Crippen LogP contribution in [0.4, 0.5) is 0 Å². The number of para-hydroxylation sites is 1. The highest BCUT2D eigenvalue weighted by Gasteiger charge is 2.04. The SMILES string of the molecule is COc1ccccc1SCC(C)CN. The van der Waals surface area contributed by atoms with Gasteiger partial charge >= 0.3 is 0 Å². The van der Waals surface area contributed by atoms with Crippen LogP contribution < -0.4 is 10.5 Å². The zero-order valence-corrected chi connectivity index (χ0v) is 9.51. The van der Waals surface area contributed by atoms with Crippen molar-refractivity contribution >= 4 is 11.8 Å². The molecule has 0 aromatic heterocycles. The van der Waals surface area contributed by atoms with Crippen LogP contribution in [0.5, 0.6) is 5.75 Å². The molecule has 2 N–H and O–H groups in total. The Morgan fingerprint density at radius 3 is 2.79 bits per heavy atom. The highest BCUT2D eigenvalue weighted by atomic mass is 32.2. The smallest absolute Gasteiger partial charge is 0.132 e. The number of benzene rings is 1. The predicted octanol–water partition coefficient (Wildman–Crippen LogP) is 2.38. The highest BCUT2D eigenvalue weighted by molar-refractivity contribution is 7.99. The standard InChI is InChI=1S/C11H17NOS/c1-9(7-12)8-14-11-6-4-3-5-10(11)13-2/h3-6,9H,7-8,12H2,1-2H3. The molecule has 0 spiro atoms. The number of thioether (sulfide) groups is 1. The van der Waals surface area contributed by atoms with Gasteiger partial charge in [0.1, 0.15) is 5.75 Å². The average molecular weight is 211 g/mol. The molecule has 1 aromatic carbocycles. The van der Waals surface area contributed by atoms with Gasteiger partial charge in [-0.2, -0.15) is 0 Å². The summed E-state index contributed by atoms with van der Waals surface area (Å²) in [6.07, 6.45) is 0. The van der Waals surface area contributed by atoms with E-state index in [0.29, 0.717) is 5.92 Å². The lowest BCUT2D eigenvalue weighted by molar-refractivity contribution is 0.405. The van der Waals surface area contributed by atoms with E-state index in [1.807, 2.05) is 18.2 Å². The van der Waals surface area contributed by atoms with Gasteiger partial charge in [0.05, 0.1) is 7.11 Å². The van der Waals surface area contributed by atoms with Gasteiger partial charge in [-0.1, -0.05) is 19.1 Å². The van der Waals surface area contributed by atoms with Crippen LogP contribution in [0.1, 0.15) is 6.92 Å². The second-order valence-electron chi connectivity index (χ2n) is 3.30. The maximum atomic E-state index is 5.56. The van der Waals surface area contributed by atoms with E-state index in [-0.39, 0.29) is 0 Å². The normalized spacial score (nSPS) is 12.5. The molecule has 3 heteroatoms. The molecule has 0 aliphatic carbocycles. The molecule has 0 amide bonds. The first kappa shape index (κ1) is 11.4. The minimum atomic E-state index is 0.546. The van der Waals surface area contributed by atoms with Crippen LogP contribution >= 0.6 is 11.8 Å². The van der Waals surface area contributed by atoms with Gasteiger partial charge in [-0.3, -0.25) is 0 Å². The molecule has 2 nitrogen and oxygen atoms in total. The fourth-order valence-corrected chi connectivity index (χ4v) is 2.11. The molecule has 1 atom stereocenters. The van der Waals surface area contributed by atoms with Crippen molar-refractivity contribution in [1.82, 2.24) is 0 Å². The number of rotatable bonds is 5. The second kappa shape index (κ2) is 5.94. The fraction of sp³-hybridized carbons (Fsp3) is 0.455. The lowest BCUT2D eigenvalue weighted by atomic mass is 10.2. The molecule has 0 heterocycles. The summed E-state index contributed by atoms with van der Waals surface area (Å²) >= 11 is 1.80. The first-order valence-electron chi connectivity index (χ1n) is 4.73. The van der Waals surface area contributed by atoms with E-state index in [0.717, 1.165) is 18.0 Å². The van der Waals surface area contributed by atoms with Crippen LogP contribution in [0.15, 0.2) is 29.2 Å². The number of hydrogen-bond acceptors (Lipinski definition) is 3. The fourth-order valence-electron chi connectivity index (χ4n) is 1.04. The molecule has 0 aliphatic heterocycles. The van der Waals surface area contributed by atoms with Crippen molar-refractivity contribution < 1.29 is 4.74 Å². The van der Waals surface area contributed by atoms with Crippen LogP contribution in [0, 0.1) is 5.92 Å². The highest BCUT2D eigenvalue weighted by Crippen LogP contribution is 2.29. The van der Waals surface area contributed by atoms with Crippen LogP contribution in [0.3, 0.4) is 0 Å². The van der Waals surface area contributed by atoms with Crippen molar-refractivity contribution in [2.45, 2.75) is 11.8 Å². The minimum Gasteiger partial charge on any atom is -0.496 e. The van der Waals surface area contributed by atoms with E-state index in [9.17, 15) is 0 Å². The Morgan fingerprint density at radius 2 is 2.14 bits per heavy atom. The van der Waals surface area contributed by atoms with Gasteiger partial charge in [-0.05, 0) is 24.6 Å². The zero-order valence-electron chi connectivity index (χ0n) is 8.69. The van der Waals surface area contributed by atoms with E-state index in [2.05, 4.69) is 13.0 Å². The monoisotopic (exact) mass is 211 g/mol. The summed E-state index contributed by atoms with van der Waals surface area (Å²) < 4.78 is 5.26. The molecule has 1 aromatic rings. The van der Waals surface area contributed by atoms with Gasteiger partial charge in [0, 0.05) is 10.6 Å². The number of methoxy groups -OCH3 is 1. The summed E-state index contributed by atoms with van der Waals surface area (Å²) in [5, 5.41) is 0. The van der Waals surface area contributed by atoms with Crippen molar-refractivity contribution in [1.29, 1.82) is 0 Å². The quantitative estimate of drug-likeness (QED) is 0.759. The van der Waals surface area contributed by atoms with Crippen LogP contribution in [0.2, 0.25) is 0 Å². The molecule has 78 valence electrons. The van der Waals surface area contributed by atoms with Crippen molar-refractivity contribution in [3.05, 3.63) is 24.3 Å². The Hall–Kier alpha value is -0.670. The average Bonchev–Trinajstić information content (AvgIpc) is 2.26. The van der Waals surface area contributed by atoms with Gasteiger partial charge in [-0.15, -0.1) is 11.8 Å². The van der Waals surface area contributed by atoms with Crippen LogP contribution in [-0.2, 0) is 0 Å². The Bertz CT molecular complexity index is 278. The Labute approximate surface area is 89.8 Å². The maximum absolute atomic E-state index is 5.56. The van der Waals surface area contributed by atoms with E-state index in [1.54, 1.807) is 18.9 Å². The second-order valence-corrected chi connectivity index (χ2v) is 4.36. The third kappa shape index (κ3) is 3.24. The predicted molar refractivity (Wildman–Crippen MR) is 61.9 cm³/mol. The van der Waals surface area contributed by atoms with Crippen LogP contribution in [0.25, 0.3) is 0 Å². The molecule has 0 aliphatic rings. The lowest BCUT2D eigenvalue weighted by Crippen LogP contribution is -2.12. The molecule has 0 fully saturated rings. The Balaban J connectivity index is 2.57. The summed E-state index contributed by atoms with van der Waals surface area (Å²) in [6.45, 7) is 2.89. The zero-order chi connectivity index (χ0) is 10.4. The van der Waals surface area contributed by atoms with E-state index >= 15 is 0 Å². The van der Waals surface area contributed by atoms with Crippen LogP contribution in [-0.4, -0.2) is 19.4 Å². The lowest BCUT2D eigenvalue weighted by Gasteiger charge is -2.10. The summed E-state index contributed by atoms with van der Waals surface area (Å²) in [4.78, 5) is 1.19. The topological polar surface area (TPSA) is 35.2 Å². The summed E-state index contributed by atoms with van der Waals surface area (Å²) in [6, 6.07) is 8.06. The van der Waals surface area contributed by atoms with Crippen molar-refractivity contribution in [3.8, 4) is 5.75 Å². The van der Waals surface area contributed by atoms with Gasteiger partial charge in [0.25, 0.3) is 0 Å². The molecular formula is C11H17NOS. The third-order valence-electron chi connectivity index (χ3n) is 1.99. The molecule has 0 saturated carbocycles. The third-order valence-corrected chi connectivity index (χ3v) is 3.38. The first-order valence-corrected chi connectivity index (χ1v) is 5.72. The first-order chi connectivity index (χ1) is 6.77. The van der Waals surface area contributed by atoms with Gasteiger partial charge < -0.3 is 10.5 Å². The molecule has 0 saturated heterocycles. The molecule has 1 unspecified atom stereocenters. The number of ether oxygens (including phenoxy) is 1. The molecule has 0 radical (unpaired) electrons. The van der Waals surface area contributed by atoms with E-state index in [4.69, 9.17) is 10.5 Å². The minimum absolute atomic E-state index is 0.546. The van der Waals surface area contributed by atoms with E-state index in [1.165, 1.54) is 4.90 Å². The summed E-state index contributed by atoms with van der Waals surface area (Å²) in [5.41, 5.74) is 5.56. The van der Waals surface area contributed by atoms with Gasteiger partial charge in [-0.25, -0.2) is 0 Å². The van der Waals surface area contributed by atoms with Crippen molar-refractivity contribution in [2.75, 3.05) is 19.4 Å². The van der Waals surface area contributed by atoms with Crippen molar-refractivity contribution in [2.24, 2.45) is 11.7 Å². The summed E-state index contributed by atoms with van der Waals surface area (Å²) in [7, 11) is 1.70. The molecule has 1 rings (SSSR count). The van der Waals surface area contributed by atoms with Gasteiger partial charge in [0.15, 0.2) is 0 Å². The van der Waals surface area contributed by atoms with Gasteiger partial charge in [0.2, 0.25) is 0 Å². The summed E-state index contributed by atoms with van der Waals surface area (Å²) in [5.74, 6) is 2.53. The molecule has 0 bridgehead atoms.